The third-order valence-electron chi connectivity index (χ3n) is 3.34. The number of unbranched alkanes of at least 4 members (excludes halogenated alkanes) is 1. The minimum atomic E-state index is -0.938. The molecule has 18 heavy (non-hydrogen) atoms. The SMILES string of the molecule is CCCCC(NC(=O)N1CCCCCC1)C(=O)O. The third-order valence-corrected chi connectivity index (χ3v) is 3.34. The second-order valence-electron chi connectivity index (χ2n) is 4.88. The average molecular weight is 256 g/mol. The van der Waals surface area contributed by atoms with Crippen molar-refractivity contribution in [2.75, 3.05) is 13.1 Å². The van der Waals surface area contributed by atoms with Crippen LogP contribution in [0.15, 0.2) is 0 Å². The second kappa shape index (κ2) is 7.95. The number of carboxylic acids is 1. The lowest BCUT2D eigenvalue weighted by molar-refractivity contribution is -0.139. The highest BCUT2D eigenvalue weighted by atomic mass is 16.4. The van der Waals surface area contributed by atoms with Crippen LogP contribution in [0.25, 0.3) is 0 Å². The Balaban J connectivity index is 2.45. The van der Waals surface area contributed by atoms with Crippen LogP contribution in [0.4, 0.5) is 4.79 Å². The summed E-state index contributed by atoms with van der Waals surface area (Å²) in [6, 6.07) is -0.971. The minimum absolute atomic E-state index is 0.222. The molecular weight excluding hydrogens is 232 g/mol. The van der Waals surface area contributed by atoms with Crippen molar-refractivity contribution < 1.29 is 14.7 Å². The molecule has 2 amide bonds. The topological polar surface area (TPSA) is 69.6 Å². The molecule has 1 saturated heterocycles. The quantitative estimate of drug-likeness (QED) is 0.792. The van der Waals surface area contributed by atoms with E-state index in [0.717, 1.165) is 51.6 Å². The summed E-state index contributed by atoms with van der Waals surface area (Å²) in [7, 11) is 0. The first kappa shape index (κ1) is 14.8. The molecule has 1 heterocycles. The summed E-state index contributed by atoms with van der Waals surface area (Å²) in [4.78, 5) is 24.8. The number of rotatable bonds is 5. The first-order chi connectivity index (χ1) is 8.65. The van der Waals surface area contributed by atoms with Crippen LogP contribution in [0.3, 0.4) is 0 Å². The molecule has 1 unspecified atom stereocenters. The van der Waals surface area contributed by atoms with Crippen molar-refractivity contribution >= 4 is 12.0 Å². The lowest BCUT2D eigenvalue weighted by Gasteiger charge is -2.23. The molecule has 0 saturated carbocycles. The molecule has 0 spiro atoms. The smallest absolute Gasteiger partial charge is 0.326 e. The van der Waals surface area contributed by atoms with Crippen LogP contribution in [0.5, 0.6) is 0 Å². The predicted octanol–water partition coefficient (Wildman–Crippen LogP) is 2.22. The number of likely N-dealkylation sites (tertiary alicyclic amines) is 1. The number of carboxylic acid groups (broad SMARTS) is 1. The first-order valence-corrected chi connectivity index (χ1v) is 6.93. The van der Waals surface area contributed by atoms with Gasteiger partial charge < -0.3 is 15.3 Å². The molecule has 0 aromatic heterocycles. The number of amides is 2. The van der Waals surface area contributed by atoms with Crippen molar-refractivity contribution in [3.8, 4) is 0 Å². The van der Waals surface area contributed by atoms with Crippen molar-refractivity contribution in [3.63, 3.8) is 0 Å². The molecule has 5 heteroatoms. The summed E-state index contributed by atoms with van der Waals surface area (Å²) in [6.45, 7) is 3.49. The lowest BCUT2D eigenvalue weighted by atomic mass is 10.1. The number of nitrogens with one attached hydrogen (secondary N) is 1. The van der Waals surface area contributed by atoms with Crippen LogP contribution in [-0.2, 0) is 4.79 Å². The summed E-state index contributed by atoms with van der Waals surface area (Å²) in [5.74, 6) is -0.938. The number of hydrogen-bond donors (Lipinski definition) is 2. The number of hydrogen-bond acceptors (Lipinski definition) is 2. The van der Waals surface area contributed by atoms with Gasteiger partial charge in [0.05, 0.1) is 0 Å². The van der Waals surface area contributed by atoms with Crippen molar-refractivity contribution in [2.45, 2.75) is 57.9 Å². The molecule has 0 aromatic rings. The molecule has 0 aliphatic carbocycles. The van der Waals surface area contributed by atoms with E-state index in [1.165, 1.54) is 0 Å². The van der Waals surface area contributed by atoms with Crippen LogP contribution < -0.4 is 5.32 Å². The van der Waals surface area contributed by atoms with E-state index in [-0.39, 0.29) is 6.03 Å². The van der Waals surface area contributed by atoms with E-state index in [1.54, 1.807) is 4.90 Å². The molecule has 2 N–H and O–H groups in total. The highest BCUT2D eigenvalue weighted by Crippen LogP contribution is 2.10. The Labute approximate surface area is 109 Å². The van der Waals surface area contributed by atoms with Crippen molar-refractivity contribution in [2.24, 2.45) is 0 Å². The van der Waals surface area contributed by atoms with Gasteiger partial charge in [-0.25, -0.2) is 9.59 Å². The molecule has 1 rings (SSSR count). The standard InChI is InChI=1S/C13H24N2O3/c1-2-3-8-11(12(16)17)14-13(18)15-9-6-4-5-7-10-15/h11H,2-10H2,1H3,(H,14,18)(H,16,17). The number of carbonyl (C=O) groups excluding carboxylic acids is 1. The highest BCUT2D eigenvalue weighted by Gasteiger charge is 2.22. The molecule has 104 valence electrons. The normalized spacial score (nSPS) is 17.9. The third kappa shape index (κ3) is 4.94. The zero-order valence-electron chi connectivity index (χ0n) is 11.2. The summed E-state index contributed by atoms with van der Waals surface area (Å²) in [5, 5.41) is 11.7. The molecule has 5 nitrogen and oxygen atoms in total. The van der Waals surface area contributed by atoms with Crippen LogP contribution >= 0.6 is 0 Å². The van der Waals surface area contributed by atoms with Gasteiger partial charge in [0.25, 0.3) is 0 Å². The summed E-state index contributed by atoms with van der Waals surface area (Å²) in [5.41, 5.74) is 0. The van der Waals surface area contributed by atoms with Gasteiger partial charge >= 0.3 is 12.0 Å². The van der Waals surface area contributed by atoms with E-state index < -0.39 is 12.0 Å². The Hall–Kier alpha value is -1.26. The van der Waals surface area contributed by atoms with Gasteiger partial charge in [-0.15, -0.1) is 0 Å². The van der Waals surface area contributed by atoms with Gasteiger partial charge in [-0.2, -0.15) is 0 Å². The van der Waals surface area contributed by atoms with Gasteiger partial charge in [0.15, 0.2) is 0 Å². The van der Waals surface area contributed by atoms with Crippen LogP contribution in [0, 0.1) is 0 Å². The number of carbonyl (C=O) groups is 2. The fourth-order valence-electron chi connectivity index (χ4n) is 2.18. The van der Waals surface area contributed by atoms with Gasteiger partial charge in [0, 0.05) is 13.1 Å². The monoisotopic (exact) mass is 256 g/mol. The maximum absolute atomic E-state index is 12.0. The van der Waals surface area contributed by atoms with Gasteiger partial charge in [-0.1, -0.05) is 32.6 Å². The van der Waals surface area contributed by atoms with Crippen LogP contribution in [0.1, 0.15) is 51.9 Å². The maximum Gasteiger partial charge on any atom is 0.326 e. The molecule has 1 atom stereocenters. The maximum atomic E-state index is 12.0. The van der Waals surface area contributed by atoms with Crippen LogP contribution in [0.2, 0.25) is 0 Å². The lowest BCUT2D eigenvalue weighted by Crippen LogP contribution is -2.48. The van der Waals surface area contributed by atoms with E-state index in [2.05, 4.69) is 5.32 Å². The van der Waals surface area contributed by atoms with E-state index in [9.17, 15) is 9.59 Å². The average Bonchev–Trinajstić information content (AvgIpc) is 2.62. The van der Waals surface area contributed by atoms with E-state index in [1.807, 2.05) is 6.92 Å². The number of urea groups is 1. The Morgan fingerprint density at radius 2 is 1.83 bits per heavy atom. The fourth-order valence-corrected chi connectivity index (χ4v) is 2.18. The largest absolute Gasteiger partial charge is 0.480 e. The van der Waals surface area contributed by atoms with Gasteiger partial charge in [0.1, 0.15) is 6.04 Å². The van der Waals surface area contributed by atoms with Crippen LogP contribution in [-0.4, -0.2) is 41.1 Å². The molecule has 0 bridgehead atoms. The second-order valence-corrected chi connectivity index (χ2v) is 4.88. The molecule has 1 fully saturated rings. The summed E-state index contributed by atoms with van der Waals surface area (Å²) >= 11 is 0. The molecular formula is C13H24N2O3. The predicted molar refractivity (Wildman–Crippen MR) is 69.5 cm³/mol. The molecule has 1 aliphatic heterocycles. The Morgan fingerprint density at radius 1 is 1.22 bits per heavy atom. The zero-order chi connectivity index (χ0) is 13.4. The van der Waals surface area contributed by atoms with E-state index in [0.29, 0.717) is 6.42 Å². The number of aliphatic carboxylic acids is 1. The van der Waals surface area contributed by atoms with Crippen molar-refractivity contribution in [1.29, 1.82) is 0 Å². The Morgan fingerprint density at radius 3 is 2.33 bits per heavy atom. The fraction of sp³-hybridized carbons (Fsp3) is 0.846. The Bertz CT molecular complexity index is 273. The summed E-state index contributed by atoms with van der Waals surface area (Å²) < 4.78 is 0. The number of nitrogens with zero attached hydrogens (tertiary/aromatic N) is 1. The van der Waals surface area contributed by atoms with E-state index in [4.69, 9.17) is 5.11 Å². The summed E-state index contributed by atoms with van der Waals surface area (Å²) in [6.07, 6.45) is 6.59. The molecule has 0 aromatic carbocycles. The van der Waals surface area contributed by atoms with Gasteiger partial charge in [0.2, 0.25) is 0 Å². The molecule has 1 aliphatic rings. The molecule has 0 radical (unpaired) electrons. The minimum Gasteiger partial charge on any atom is -0.480 e. The van der Waals surface area contributed by atoms with Gasteiger partial charge in [-0.3, -0.25) is 0 Å². The zero-order valence-corrected chi connectivity index (χ0v) is 11.2. The van der Waals surface area contributed by atoms with Crippen molar-refractivity contribution in [1.82, 2.24) is 10.2 Å². The highest BCUT2D eigenvalue weighted by molar-refractivity contribution is 5.82. The first-order valence-electron chi connectivity index (χ1n) is 6.93. The Kier molecular flexibility index (Phi) is 6.54. The van der Waals surface area contributed by atoms with Gasteiger partial charge in [-0.05, 0) is 19.3 Å². The van der Waals surface area contributed by atoms with E-state index >= 15 is 0 Å². The van der Waals surface area contributed by atoms with Crippen molar-refractivity contribution in [3.05, 3.63) is 0 Å².